The summed E-state index contributed by atoms with van der Waals surface area (Å²) in [5.74, 6) is 0.659. The predicted octanol–water partition coefficient (Wildman–Crippen LogP) is 2.26. The summed E-state index contributed by atoms with van der Waals surface area (Å²) in [6.45, 7) is 0. The van der Waals surface area contributed by atoms with Gasteiger partial charge in [-0.3, -0.25) is 9.59 Å². The Kier molecular flexibility index (Phi) is 10.3. The van der Waals surface area contributed by atoms with E-state index >= 15 is 0 Å². The second-order valence-corrected chi connectivity index (χ2v) is 4.10. The second kappa shape index (κ2) is 10.4. The molecule has 0 unspecified atom stereocenters. The van der Waals surface area contributed by atoms with Gasteiger partial charge in [0, 0.05) is 12.8 Å². The third-order valence-electron chi connectivity index (χ3n) is 1.81. The molecule has 0 aliphatic heterocycles. The summed E-state index contributed by atoms with van der Waals surface area (Å²) in [5, 5.41) is 0. The number of rotatable bonds is 8. The van der Waals surface area contributed by atoms with Gasteiger partial charge in [-0.15, -0.1) is 0 Å². The molecule has 0 bridgehead atoms. The summed E-state index contributed by atoms with van der Waals surface area (Å²) in [4.78, 5) is 22.2. The molecule has 0 rings (SSSR count). The van der Waals surface area contributed by atoms with E-state index in [1.165, 1.54) is 0 Å². The largest absolute Gasteiger partial charge is 0.393 e. The van der Waals surface area contributed by atoms with Crippen LogP contribution in [0.5, 0.6) is 0 Å². The van der Waals surface area contributed by atoms with Crippen molar-refractivity contribution in [3.05, 3.63) is 0 Å². The minimum atomic E-state index is -0.423. The van der Waals surface area contributed by atoms with Crippen molar-refractivity contribution in [1.82, 2.24) is 0 Å². The normalized spacial score (nSPS) is 10.0. The van der Waals surface area contributed by atoms with Gasteiger partial charge in [-0.05, 0) is 37.2 Å². The molecule has 15 heavy (non-hydrogen) atoms. The fourth-order valence-corrected chi connectivity index (χ4v) is 1.44. The number of esters is 2. The van der Waals surface area contributed by atoms with E-state index in [-0.39, 0.29) is 0 Å². The monoisotopic (exact) mass is 250 g/mol. The third kappa shape index (κ3) is 10.1. The van der Waals surface area contributed by atoms with Gasteiger partial charge in [0.1, 0.15) is 0 Å². The van der Waals surface area contributed by atoms with Crippen LogP contribution in [0.15, 0.2) is 0 Å². The van der Waals surface area contributed by atoms with Crippen molar-refractivity contribution in [2.45, 2.75) is 38.5 Å². The molecule has 0 aromatic carbocycles. The van der Waals surface area contributed by atoms with Crippen molar-refractivity contribution in [1.29, 1.82) is 0 Å². The van der Waals surface area contributed by atoms with Gasteiger partial charge in [-0.1, -0.05) is 0 Å². The van der Waals surface area contributed by atoms with Crippen LogP contribution >= 0.6 is 25.3 Å². The van der Waals surface area contributed by atoms with Gasteiger partial charge in [0.2, 0.25) is 0 Å². The van der Waals surface area contributed by atoms with Crippen molar-refractivity contribution in [2.24, 2.45) is 0 Å². The third-order valence-corrected chi connectivity index (χ3v) is 2.44. The molecular weight excluding hydrogens is 232 g/mol. The standard InChI is InChI=1S/C10H18O3S2/c11-9(5-1-3-7-14)13-10(12)6-2-4-8-15/h14-15H,1-8H2. The number of thiol groups is 2. The number of unbranched alkanes of at least 4 members (excludes halogenated alkanes) is 2. The minimum Gasteiger partial charge on any atom is -0.393 e. The van der Waals surface area contributed by atoms with Gasteiger partial charge in [0.25, 0.3) is 0 Å². The predicted molar refractivity (Wildman–Crippen MR) is 66.5 cm³/mol. The van der Waals surface area contributed by atoms with E-state index in [0.29, 0.717) is 12.8 Å². The zero-order chi connectivity index (χ0) is 11.5. The first kappa shape index (κ1) is 14.8. The lowest BCUT2D eigenvalue weighted by atomic mass is 10.2. The van der Waals surface area contributed by atoms with Crippen molar-refractivity contribution in [3.8, 4) is 0 Å². The number of carbonyl (C=O) groups excluding carboxylic acids is 2. The Morgan fingerprint density at radius 3 is 1.53 bits per heavy atom. The molecule has 0 saturated carbocycles. The van der Waals surface area contributed by atoms with Crippen LogP contribution in [0.25, 0.3) is 0 Å². The molecule has 0 radical (unpaired) electrons. The Hall–Kier alpha value is -0.160. The second-order valence-electron chi connectivity index (χ2n) is 3.21. The SMILES string of the molecule is O=C(CCCCS)OC(=O)CCCCS. The Labute approximate surface area is 102 Å². The van der Waals surface area contributed by atoms with Crippen molar-refractivity contribution in [2.75, 3.05) is 11.5 Å². The molecule has 0 N–H and O–H groups in total. The molecule has 0 fully saturated rings. The minimum absolute atomic E-state index is 0.304. The van der Waals surface area contributed by atoms with Gasteiger partial charge < -0.3 is 4.74 Å². The van der Waals surface area contributed by atoms with E-state index in [0.717, 1.165) is 37.2 Å². The average molecular weight is 250 g/mol. The van der Waals surface area contributed by atoms with Crippen LogP contribution in [-0.4, -0.2) is 23.4 Å². The van der Waals surface area contributed by atoms with Gasteiger partial charge in [0.05, 0.1) is 0 Å². The van der Waals surface area contributed by atoms with Gasteiger partial charge in [-0.2, -0.15) is 25.3 Å². The lowest BCUT2D eigenvalue weighted by Gasteiger charge is -2.02. The zero-order valence-electron chi connectivity index (χ0n) is 8.78. The molecule has 5 heteroatoms. The summed E-state index contributed by atoms with van der Waals surface area (Å²) >= 11 is 8.05. The number of carbonyl (C=O) groups is 2. The first-order chi connectivity index (χ1) is 7.20. The van der Waals surface area contributed by atoms with E-state index in [2.05, 4.69) is 30.0 Å². The highest BCUT2D eigenvalue weighted by Crippen LogP contribution is 2.03. The van der Waals surface area contributed by atoms with Crippen LogP contribution in [0.4, 0.5) is 0 Å². The summed E-state index contributed by atoms with van der Waals surface area (Å²) in [5.41, 5.74) is 0. The van der Waals surface area contributed by atoms with Crippen LogP contribution in [0.2, 0.25) is 0 Å². The Morgan fingerprint density at radius 2 is 1.20 bits per heavy atom. The molecule has 0 heterocycles. The summed E-state index contributed by atoms with van der Waals surface area (Å²) in [7, 11) is 0. The highest BCUT2D eigenvalue weighted by atomic mass is 32.1. The molecule has 0 amide bonds. The van der Waals surface area contributed by atoms with Crippen molar-refractivity contribution < 1.29 is 14.3 Å². The topological polar surface area (TPSA) is 43.4 Å². The average Bonchev–Trinajstić information content (AvgIpc) is 2.18. The molecule has 0 spiro atoms. The van der Waals surface area contributed by atoms with Crippen LogP contribution < -0.4 is 0 Å². The highest BCUT2D eigenvalue weighted by molar-refractivity contribution is 7.80. The van der Waals surface area contributed by atoms with Crippen LogP contribution in [0.3, 0.4) is 0 Å². The lowest BCUT2D eigenvalue weighted by molar-refractivity contribution is -0.159. The molecule has 0 atom stereocenters. The summed E-state index contributed by atoms with van der Waals surface area (Å²) in [6.07, 6.45) is 3.80. The first-order valence-corrected chi connectivity index (χ1v) is 6.42. The van der Waals surface area contributed by atoms with Crippen molar-refractivity contribution in [3.63, 3.8) is 0 Å². The maximum absolute atomic E-state index is 11.1. The maximum atomic E-state index is 11.1. The number of hydrogen-bond donors (Lipinski definition) is 2. The summed E-state index contributed by atoms with van der Waals surface area (Å²) < 4.78 is 4.62. The van der Waals surface area contributed by atoms with Gasteiger partial charge in [0.15, 0.2) is 0 Å². The fraction of sp³-hybridized carbons (Fsp3) is 0.800. The maximum Gasteiger partial charge on any atom is 0.313 e. The smallest absolute Gasteiger partial charge is 0.313 e. The van der Waals surface area contributed by atoms with Crippen LogP contribution in [-0.2, 0) is 14.3 Å². The molecule has 88 valence electrons. The quantitative estimate of drug-likeness (QED) is 0.300. The molecule has 0 aromatic heterocycles. The van der Waals surface area contributed by atoms with E-state index in [4.69, 9.17) is 0 Å². The Morgan fingerprint density at radius 1 is 0.800 bits per heavy atom. The van der Waals surface area contributed by atoms with Crippen LogP contribution in [0, 0.1) is 0 Å². The molecule has 0 aromatic rings. The number of ether oxygens (including phenoxy) is 1. The molecule has 0 aliphatic rings. The van der Waals surface area contributed by atoms with Gasteiger partial charge >= 0.3 is 11.9 Å². The molecule has 3 nitrogen and oxygen atoms in total. The first-order valence-electron chi connectivity index (χ1n) is 5.16. The van der Waals surface area contributed by atoms with E-state index in [1.54, 1.807) is 0 Å². The lowest BCUT2D eigenvalue weighted by Crippen LogP contribution is -2.11. The van der Waals surface area contributed by atoms with E-state index in [1.807, 2.05) is 0 Å². The van der Waals surface area contributed by atoms with Crippen LogP contribution in [0.1, 0.15) is 38.5 Å². The molecular formula is C10H18O3S2. The molecule has 0 saturated heterocycles. The fourth-order valence-electron chi connectivity index (χ4n) is 0.991. The zero-order valence-corrected chi connectivity index (χ0v) is 10.6. The summed E-state index contributed by atoms with van der Waals surface area (Å²) in [6, 6.07) is 0. The van der Waals surface area contributed by atoms with Gasteiger partial charge in [-0.25, -0.2) is 0 Å². The highest BCUT2D eigenvalue weighted by Gasteiger charge is 2.09. The molecule has 0 aliphatic carbocycles. The van der Waals surface area contributed by atoms with E-state index < -0.39 is 11.9 Å². The van der Waals surface area contributed by atoms with E-state index in [9.17, 15) is 9.59 Å². The Bertz CT molecular complexity index is 175. The van der Waals surface area contributed by atoms with Crippen molar-refractivity contribution >= 4 is 37.2 Å². The Balaban J connectivity index is 3.45. The number of hydrogen-bond acceptors (Lipinski definition) is 5.